The van der Waals surface area contributed by atoms with Gasteiger partial charge in [-0.3, -0.25) is 0 Å². The van der Waals surface area contributed by atoms with Gasteiger partial charge < -0.3 is 15.5 Å². The molecule has 0 bridgehead atoms. The number of nitrogens with two attached hydrogens (primary N) is 1. The Morgan fingerprint density at radius 2 is 1.90 bits per heavy atom. The van der Waals surface area contributed by atoms with Crippen LogP contribution in [0.2, 0.25) is 0 Å². The summed E-state index contributed by atoms with van der Waals surface area (Å²) in [6.45, 7) is 1.94. The summed E-state index contributed by atoms with van der Waals surface area (Å²) in [6, 6.07) is 0. The van der Waals surface area contributed by atoms with Crippen molar-refractivity contribution in [3.05, 3.63) is 0 Å². The second-order valence-electron chi connectivity index (χ2n) is 4.82. The maximum absolute atomic E-state index is 5.79. The molecule has 0 saturated carbocycles. The quantitative estimate of drug-likeness (QED) is 0.887. The lowest BCUT2D eigenvalue weighted by molar-refractivity contribution is 0.832. The highest BCUT2D eigenvalue weighted by atomic mass is 32.2. The number of hydrogen-bond donors (Lipinski definition) is 1. The molecule has 112 valence electrons. The minimum Gasteiger partial charge on any atom is -0.368 e. The average Bonchev–Trinajstić information content (AvgIpc) is 3.08. The van der Waals surface area contributed by atoms with Crippen molar-refractivity contribution in [3.63, 3.8) is 0 Å². The molecule has 1 saturated heterocycles. The van der Waals surface area contributed by atoms with E-state index in [1.54, 1.807) is 0 Å². The highest BCUT2D eigenvalue weighted by Gasteiger charge is 2.18. The van der Waals surface area contributed by atoms with Crippen molar-refractivity contribution in [1.82, 2.24) is 25.1 Å². The molecule has 2 N–H and O–H groups in total. The van der Waals surface area contributed by atoms with Crippen LogP contribution in [0.25, 0.3) is 0 Å². The van der Waals surface area contributed by atoms with Crippen molar-refractivity contribution in [2.45, 2.75) is 22.3 Å². The van der Waals surface area contributed by atoms with Crippen LogP contribution in [0.1, 0.15) is 12.8 Å². The lowest BCUT2D eigenvalue weighted by Gasteiger charge is -2.15. The Labute approximate surface area is 130 Å². The predicted octanol–water partition coefficient (Wildman–Crippen LogP) is 1.12. The maximum atomic E-state index is 5.79. The second kappa shape index (κ2) is 5.98. The van der Waals surface area contributed by atoms with Gasteiger partial charge in [0.1, 0.15) is 0 Å². The van der Waals surface area contributed by atoms with Crippen LogP contribution in [-0.4, -0.2) is 52.3 Å². The molecule has 0 radical (unpaired) electrons. The Balaban J connectivity index is 1.80. The van der Waals surface area contributed by atoms with Crippen LogP contribution in [0.3, 0.4) is 0 Å². The predicted molar refractivity (Wildman–Crippen MR) is 84.0 cm³/mol. The first-order valence-electron chi connectivity index (χ1n) is 6.57. The molecule has 0 unspecified atom stereocenters. The SMILES string of the molecule is CN(C)c1nnc(Sc2nc(N)nc(N3CCCC3)n2)s1. The van der Waals surface area contributed by atoms with Gasteiger partial charge in [0.05, 0.1) is 0 Å². The summed E-state index contributed by atoms with van der Waals surface area (Å²) in [4.78, 5) is 16.9. The highest BCUT2D eigenvalue weighted by molar-refractivity contribution is 8.00. The minimum absolute atomic E-state index is 0.242. The molecule has 0 atom stereocenters. The van der Waals surface area contributed by atoms with E-state index in [-0.39, 0.29) is 5.95 Å². The van der Waals surface area contributed by atoms with Gasteiger partial charge in [-0.25, -0.2) is 0 Å². The van der Waals surface area contributed by atoms with Gasteiger partial charge in [-0.05, 0) is 24.6 Å². The zero-order valence-corrected chi connectivity index (χ0v) is 13.5. The van der Waals surface area contributed by atoms with Gasteiger partial charge in [0.15, 0.2) is 4.34 Å². The summed E-state index contributed by atoms with van der Waals surface area (Å²) < 4.78 is 0.789. The number of nitrogens with zero attached hydrogens (tertiary/aromatic N) is 7. The monoisotopic (exact) mass is 324 g/mol. The van der Waals surface area contributed by atoms with Crippen molar-refractivity contribution in [2.75, 3.05) is 42.7 Å². The zero-order chi connectivity index (χ0) is 14.8. The van der Waals surface area contributed by atoms with E-state index < -0.39 is 0 Å². The Morgan fingerprint density at radius 1 is 1.14 bits per heavy atom. The van der Waals surface area contributed by atoms with Crippen LogP contribution in [0.5, 0.6) is 0 Å². The van der Waals surface area contributed by atoms with E-state index in [9.17, 15) is 0 Å². The minimum atomic E-state index is 0.242. The molecule has 0 amide bonds. The third kappa shape index (κ3) is 3.32. The zero-order valence-electron chi connectivity index (χ0n) is 11.9. The standard InChI is InChI=1S/C11H16N8S2/c1-18(2)10-16-17-11(21-10)20-9-14-7(12)13-8(15-9)19-5-3-4-6-19/h3-6H2,1-2H3,(H2,12,13,14,15). The summed E-state index contributed by atoms with van der Waals surface area (Å²) in [6.07, 6.45) is 2.33. The van der Waals surface area contributed by atoms with Gasteiger partial charge in [-0.15, -0.1) is 10.2 Å². The lowest BCUT2D eigenvalue weighted by atomic mass is 10.4. The maximum Gasteiger partial charge on any atom is 0.231 e. The van der Waals surface area contributed by atoms with Crippen molar-refractivity contribution >= 4 is 40.1 Å². The summed E-state index contributed by atoms with van der Waals surface area (Å²) in [5, 5.41) is 9.63. The molecular weight excluding hydrogens is 308 g/mol. The van der Waals surface area contributed by atoms with Crippen LogP contribution >= 0.6 is 23.1 Å². The van der Waals surface area contributed by atoms with Gasteiger partial charge >= 0.3 is 0 Å². The Hall–Kier alpha value is -1.68. The molecule has 2 aromatic rings. The Kier molecular flexibility index (Phi) is 4.06. The molecule has 0 aromatic carbocycles. The Bertz CT molecular complexity index is 622. The fourth-order valence-corrected chi connectivity index (χ4v) is 3.59. The third-order valence-electron chi connectivity index (χ3n) is 2.97. The average molecular weight is 324 g/mol. The topological polar surface area (TPSA) is 97.0 Å². The molecule has 1 aliphatic rings. The van der Waals surface area contributed by atoms with Gasteiger partial charge in [0.2, 0.25) is 22.2 Å². The van der Waals surface area contributed by atoms with E-state index in [1.807, 2.05) is 19.0 Å². The number of rotatable bonds is 4. The molecule has 8 nitrogen and oxygen atoms in total. The highest BCUT2D eigenvalue weighted by Crippen LogP contribution is 2.31. The van der Waals surface area contributed by atoms with Crippen molar-refractivity contribution in [3.8, 4) is 0 Å². The van der Waals surface area contributed by atoms with Gasteiger partial charge in [0, 0.05) is 27.2 Å². The molecule has 21 heavy (non-hydrogen) atoms. The number of hydrogen-bond acceptors (Lipinski definition) is 10. The molecule has 0 aliphatic carbocycles. The van der Waals surface area contributed by atoms with E-state index in [4.69, 9.17) is 5.73 Å². The number of aromatic nitrogens is 5. The molecule has 0 spiro atoms. The second-order valence-corrected chi connectivity index (χ2v) is 6.99. The van der Waals surface area contributed by atoms with Gasteiger partial charge in [-0.1, -0.05) is 11.3 Å². The fourth-order valence-electron chi connectivity index (χ4n) is 1.97. The summed E-state index contributed by atoms with van der Waals surface area (Å²) >= 11 is 2.85. The van der Waals surface area contributed by atoms with E-state index in [0.717, 1.165) is 35.4 Å². The first kappa shape index (κ1) is 14.3. The van der Waals surface area contributed by atoms with Crippen LogP contribution in [0, 0.1) is 0 Å². The lowest BCUT2D eigenvalue weighted by Crippen LogP contribution is -2.21. The Morgan fingerprint density at radius 3 is 2.57 bits per heavy atom. The van der Waals surface area contributed by atoms with Crippen molar-refractivity contribution in [2.24, 2.45) is 0 Å². The van der Waals surface area contributed by atoms with Crippen LogP contribution in [0.15, 0.2) is 9.50 Å². The van der Waals surface area contributed by atoms with E-state index in [2.05, 4.69) is 30.0 Å². The van der Waals surface area contributed by atoms with E-state index in [0.29, 0.717) is 11.1 Å². The molecule has 2 aromatic heterocycles. The van der Waals surface area contributed by atoms with Crippen LogP contribution in [-0.2, 0) is 0 Å². The summed E-state index contributed by atoms with van der Waals surface area (Å²) in [5.74, 6) is 0.895. The molecule has 1 aliphatic heterocycles. The van der Waals surface area contributed by atoms with E-state index >= 15 is 0 Å². The normalized spacial score (nSPS) is 14.7. The first-order valence-corrected chi connectivity index (χ1v) is 8.20. The third-order valence-corrected chi connectivity index (χ3v) is 4.97. The molecule has 3 heterocycles. The van der Waals surface area contributed by atoms with Gasteiger partial charge in [0.25, 0.3) is 0 Å². The molecule has 1 fully saturated rings. The summed E-state index contributed by atoms with van der Waals surface area (Å²) in [5.41, 5.74) is 5.79. The molecular formula is C11H16N8S2. The number of nitrogen functional groups attached to an aromatic ring is 1. The van der Waals surface area contributed by atoms with Crippen molar-refractivity contribution in [1.29, 1.82) is 0 Å². The fraction of sp³-hybridized carbons (Fsp3) is 0.545. The largest absolute Gasteiger partial charge is 0.368 e. The van der Waals surface area contributed by atoms with Crippen molar-refractivity contribution < 1.29 is 0 Å². The summed E-state index contributed by atoms with van der Waals surface area (Å²) in [7, 11) is 3.86. The van der Waals surface area contributed by atoms with Gasteiger partial charge in [-0.2, -0.15) is 15.0 Å². The van der Waals surface area contributed by atoms with Crippen LogP contribution in [0.4, 0.5) is 17.0 Å². The number of anilines is 3. The molecule has 3 rings (SSSR count). The smallest absolute Gasteiger partial charge is 0.231 e. The van der Waals surface area contributed by atoms with E-state index in [1.165, 1.54) is 23.1 Å². The van der Waals surface area contributed by atoms with Crippen LogP contribution < -0.4 is 15.5 Å². The molecule has 10 heteroatoms. The first-order chi connectivity index (χ1) is 10.1.